The minimum absolute atomic E-state index is 0.0216. The van der Waals surface area contributed by atoms with Crippen LogP contribution in [-0.4, -0.2) is 41.7 Å². The first kappa shape index (κ1) is 30.3. The molecule has 1 atom stereocenters. The summed E-state index contributed by atoms with van der Waals surface area (Å²) in [7, 11) is 2.10. The van der Waals surface area contributed by atoms with Gasteiger partial charge in [-0.1, -0.05) is 55.8 Å². The van der Waals surface area contributed by atoms with Crippen molar-refractivity contribution in [2.24, 2.45) is 4.99 Å². The zero-order valence-corrected chi connectivity index (χ0v) is 24.6. The SMILES string of the molecule is CCCC(c1ccc(C(=O)OC(C)C)cc1)N(C)C1(/N=C(\C=O)c2ccc(F)cc2)CCC(c2ccccc2)CC1. The van der Waals surface area contributed by atoms with Crippen LogP contribution in [0.4, 0.5) is 4.39 Å². The fourth-order valence-electron chi connectivity index (χ4n) is 5.96. The molecule has 216 valence electrons. The van der Waals surface area contributed by atoms with Gasteiger partial charge in [0.2, 0.25) is 0 Å². The van der Waals surface area contributed by atoms with Crippen LogP contribution in [0.25, 0.3) is 0 Å². The first-order chi connectivity index (χ1) is 19.8. The summed E-state index contributed by atoms with van der Waals surface area (Å²) in [6.07, 6.45) is 5.88. The molecule has 3 aromatic rings. The van der Waals surface area contributed by atoms with Gasteiger partial charge < -0.3 is 4.74 Å². The van der Waals surface area contributed by atoms with Crippen molar-refractivity contribution in [1.82, 2.24) is 4.90 Å². The van der Waals surface area contributed by atoms with Crippen molar-refractivity contribution >= 4 is 18.0 Å². The van der Waals surface area contributed by atoms with Gasteiger partial charge in [0.25, 0.3) is 0 Å². The van der Waals surface area contributed by atoms with Crippen molar-refractivity contribution < 1.29 is 18.7 Å². The van der Waals surface area contributed by atoms with Gasteiger partial charge in [-0.25, -0.2) is 9.18 Å². The molecule has 4 rings (SSSR count). The number of aliphatic imine (C=N–C) groups is 1. The highest BCUT2D eigenvalue weighted by molar-refractivity contribution is 6.36. The van der Waals surface area contributed by atoms with Gasteiger partial charge in [0.15, 0.2) is 6.29 Å². The zero-order chi connectivity index (χ0) is 29.4. The molecule has 3 aromatic carbocycles. The van der Waals surface area contributed by atoms with Gasteiger partial charge >= 0.3 is 5.97 Å². The summed E-state index contributed by atoms with van der Waals surface area (Å²) in [5, 5.41) is 0. The molecule has 0 amide bonds. The van der Waals surface area contributed by atoms with Crippen LogP contribution >= 0.6 is 0 Å². The van der Waals surface area contributed by atoms with Crippen LogP contribution < -0.4 is 0 Å². The molecule has 0 spiro atoms. The molecule has 1 fully saturated rings. The Bertz CT molecular complexity index is 1310. The summed E-state index contributed by atoms with van der Waals surface area (Å²) in [4.78, 5) is 32.3. The Morgan fingerprint density at radius 2 is 1.61 bits per heavy atom. The number of hydrogen-bond donors (Lipinski definition) is 0. The van der Waals surface area contributed by atoms with E-state index >= 15 is 0 Å². The third-order valence-corrected chi connectivity index (χ3v) is 8.20. The number of aldehydes is 1. The van der Waals surface area contributed by atoms with Gasteiger partial charge in [-0.15, -0.1) is 0 Å². The molecular weight excluding hydrogens is 515 g/mol. The molecule has 1 aliphatic carbocycles. The van der Waals surface area contributed by atoms with Crippen molar-refractivity contribution in [2.45, 2.75) is 83.0 Å². The van der Waals surface area contributed by atoms with Gasteiger partial charge in [0.1, 0.15) is 17.2 Å². The van der Waals surface area contributed by atoms with Crippen LogP contribution in [0.5, 0.6) is 0 Å². The molecule has 41 heavy (non-hydrogen) atoms. The third-order valence-electron chi connectivity index (χ3n) is 8.20. The highest BCUT2D eigenvalue weighted by Crippen LogP contribution is 2.45. The number of rotatable bonds is 11. The molecule has 0 radical (unpaired) electrons. The van der Waals surface area contributed by atoms with Crippen LogP contribution in [-0.2, 0) is 9.53 Å². The van der Waals surface area contributed by atoms with Crippen LogP contribution in [0, 0.1) is 5.82 Å². The van der Waals surface area contributed by atoms with Gasteiger partial charge in [0, 0.05) is 11.6 Å². The summed E-state index contributed by atoms with van der Waals surface area (Å²) >= 11 is 0. The predicted molar refractivity (Wildman–Crippen MR) is 162 cm³/mol. The van der Waals surface area contributed by atoms with E-state index in [2.05, 4.69) is 43.1 Å². The van der Waals surface area contributed by atoms with E-state index < -0.39 is 5.66 Å². The number of ether oxygens (including phenoxy) is 1. The number of esters is 1. The van der Waals surface area contributed by atoms with E-state index in [0.717, 1.165) is 50.4 Å². The molecule has 6 heteroatoms. The van der Waals surface area contributed by atoms with Crippen LogP contribution in [0.2, 0.25) is 0 Å². The molecular formula is C35H41FN2O3. The molecule has 5 nitrogen and oxygen atoms in total. The van der Waals surface area contributed by atoms with Gasteiger partial charge in [0.05, 0.1) is 11.7 Å². The Balaban J connectivity index is 1.70. The predicted octanol–water partition coefficient (Wildman–Crippen LogP) is 7.91. The van der Waals surface area contributed by atoms with Crippen molar-refractivity contribution in [3.05, 3.63) is 107 Å². The van der Waals surface area contributed by atoms with Gasteiger partial charge in [-0.3, -0.25) is 14.7 Å². The standard InChI is InChI=1S/C35H41FN2O3/c1-5-9-33(29-12-14-30(15-13-29)34(40)41-25(2)3)38(4)35(37-32(24-39)28-16-18-31(36)19-17-28)22-20-27(21-23-35)26-10-7-6-8-11-26/h6-8,10-19,24-25,27,33H,5,9,20-23H2,1-4H3/b37-32+. The molecule has 0 aliphatic heterocycles. The summed E-state index contributed by atoms with van der Waals surface area (Å²) < 4.78 is 19.0. The van der Waals surface area contributed by atoms with Crippen LogP contribution in [0.3, 0.4) is 0 Å². The number of nitrogens with zero attached hydrogens (tertiary/aromatic N) is 2. The summed E-state index contributed by atoms with van der Waals surface area (Å²) in [5.41, 5.74) is 3.26. The second-order valence-corrected chi connectivity index (χ2v) is 11.3. The van der Waals surface area contributed by atoms with Crippen LogP contribution in [0.15, 0.2) is 83.9 Å². The number of hydrogen-bond acceptors (Lipinski definition) is 5. The van der Waals surface area contributed by atoms with Crippen molar-refractivity contribution in [1.29, 1.82) is 0 Å². The average Bonchev–Trinajstić information content (AvgIpc) is 2.99. The van der Waals surface area contributed by atoms with Crippen LogP contribution in [0.1, 0.15) is 98.3 Å². The van der Waals surface area contributed by atoms with E-state index in [1.54, 1.807) is 12.1 Å². The molecule has 1 unspecified atom stereocenters. The average molecular weight is 557 g/mol. The van der Waals surface area contributed by atoms with E-state index in [1.165, 1.54) is 17.7 Å². The fourth-order valence-corrected chi connectivity index (χ4v) is 5.96. The maximum atomic E-state index is 13.7. The zero-order valence-electron chi connectivity index (χ0n) is 24.6. The number of benzene rings is 3. The highest BCUT2D eigenvalue weighted by atomic mass is 19.1. The normalized spacial score (nSPS) is 20.2. The summed E-state index contributed by atoms with van der Waals surface area (Å²) in [6.45, 7) is 5.84. The minimum Gasteiger partial charge on any atom is -0.459 e. The maximum absolute atomic E-state index is 13.7. The topological polar surface area (TPSA) is 59.0 Å². The first-order valence-corrected chi connectivity index (χ1v) is 14.7. The molecule has 0 saturated heterocycles. The number of halogens is 1. The van der Waals surface area contributed by atoms with E-state index in [0.29, 0.717) is 22.8 Å². The van der Waals surface area contributed by atoms with Crippen molar-refractivity contribution in [3.63, 3.8) is 0 Å². The molecule has 0 bridgehead atoms. The number of carbonyl (C=O) groups is 2. The molecule has 1 aliphatic rings. The minimum atomic E-state index is -0.620. The lowest BCUT2D eigenvalue weighted by atomic mass is 9.77. The Morgan fingerprint density at radius 3 is 2.17 bits per heavy atom. The molecule has 1 saturated carbocycles. The maximum Gasteiger partial charge on any atom is 0.338 e. The lowest BCUT2D eigenvalue weighted by Gasteiger charge is -2.47. The highest BCUT2D eigenvalue weighted by Gasteiger charge is 2.42. The smallest absolute Gasteiger partial charge is 0.338 e. The summed E-state index contributed by atoms with van der Waals surface area (Å²) in [6, 6.07) is 24.2. The van der Waals surface area contributed by atoms with E-state index in [9.17, 15) is 14.0 Å². The third kappa shape index (κ3) is 7.36. The second kappa shape index (κ2) is 13.8. The first-order valence-electron chi connectivity index (χ1n) is 14.7. The van der Waals surface area contributed by atoms with E-state index in [1.807, 2.05) is 44.2 Å². The monoisotopic (exact) mass is 556 g/mol. The van der Waals surface area contributed by atoms with Gasteiger partial charge in [-0.2, -0.15) is 0 Å². The second-order valence-electron chi connectivity index (χ2n) is 11.3. The van der Waals surface area contributed by atoms with E-state index in [-0.39, 0.29) is 23.9 Å². The van der Waals surface area contributed by atoms with Crippen molar-refractivity contribution in [2.75, 3.05) is 7.05 Å². The number of carbonyl (C=O) groups excluding carboxylic acids is 2. The Labute approximate surface area is 243 Å². The van der Waals surface area contributed by atoms with Crippen molar-refractivity contribution in [3.8, 4) is 0 Å². The largest absolute Gasteiger partial charge is 0.459 e. The van der Waals surface area contributed by atoms with Gasteiger partial charge in [-0.05, 0) is 106 Å². The Morgan fingerprint density at radius 1 is 1.00 bits per heavy atom. The molecule has 0 heterocycles. The molecule has 0 N–H and O–H groups in total. The summed E-state index contributed by atoms with van der Waals surface area (Å²) in [5.74, 6) is -0.255. The Kier molecular flexibility index (Phi) is 10.2. The quantitative estimate of drug-likeness (QED) is 0.137. The molecule has 0 aromatic heterocycles. The van der Waals surface area contributed by atoms with E-state index in [4.69, 9.17) is 9.73 Å². The Hall–Kier alpha value is -3.64. The fraction of sp³-hybridized carbons (Fsp3) is 0.400. The lowest BCUT2D eigenvalue weighted by molar-refractivity contribution is -0.102. The lowest BCUT2D eigenvalue weighted by Crippen LogP contribution is -2.49.